The fourth-order valence-corrected chi connectivity index (χ4v) is 7.52. The minimum Gasteiger partial charge on any atom is -0.352 e. The largest absolute Gasteiger partial charge is 0.417 e. The number of rotatable bonds is 3. The van der Waals surface area contributed by atoms with E-state index in [1.807, 2.05) is 30.9 Å². The van der Waals surface area contributed by atoms with E-state index in [2.05, 4.69) is 32.5 Å². The Balaban J connectivity index is 1.70. The molecule has 1 saturated heterocycles. The van der Waals surface area contributed by atoms with Gasteiger partial charge in [-0.25, -0.2) is 4.79 Å². The summed E-state index contributed by atoms with van der Waals surface area (Å²) in [6.45, 7) is 8.15. The van der Waals surface area contributed by atoms with Gasteiger partial charge in [-0.05, 0) is 54.1 Å². The Bertz CT molecular complexity index is 1470. The Morgan fingerprint density at radius 2 is 1.92 bits per heavy atom. The molecule has 5 rings (SSSR count). The highest BCUT2D eigenvalue weighted by Gasteiger charge is 2.39. The minimum atomic E-state index is -4.62. The Kier molecular flexibility index (Phi) is 7.06. The lowest BCUT2D eigenvalue weighted by molar-refractivity contribution is -0.138. The van der Waals surface area contributed by atoms with Crippen LogP contribution >= 0.6 is 27.7 Å². The molecule has 0 unspecified atom stereocenters. The Morgan fingerprint density at radius 3 is 2.53 bits per heavy atom. The molecule has 0 aliphatic carbocycles. The van der Waals surface area contributed by atoms with Crippen molar-refractivity contribution in [2.45, 2.75) is 49.5 Å². The van der Waals surface area contributed by atoms with Crippen LogP contribution in [-0.2, 0) is 17.5 Å². The summed E-state index contributed by atoms with van der Waals surface area (Å²) in [4.78, 5) is 38.5. The lowest BCUT2D eigenvalue weighted by Crippen LogP contribution is -2.58. The molecule has 0 radical (unpaired) electrons. The quantitative estimate of drug-likeness (QED) is 0.387. The van der Waals surface area contributed by atoms with Gasteiger partial charge in [0, 0.05) is 70.0 Å². The molecule has 200 valence electrons. The molecule has 4 heterocycles. The van der Waals surface area contributed by atoms with Gasteiger partial charge >= 0.3 is 11.9 Å². The maximum absolute atomic E-state index is 14.2. The highest BCUT2D eigenvalue weighted by atomic mass is 79.9. The van der Waals surface area contributed by atoms with E-state index in [1.54, 1.807) is 17.2 Å². The first-order chi connectivity index (χ1) is 18.0. The molecule has 0 spiro atoms. The molecule has 7 nitrogen and oxygen atoms in total. The van der Waals surface area contributed by atoms with Crippen molar-refractivity contribution in [3.63, 3.8) is 0 Å². The molecule has 1 fully saturated rings. The lowest BCUT2D eigenvalue weighted by atomic mass is 10.0. The third kappa shape index (κ3) is 4.61. The number of pyridine rings is 1. The summed E-state index contributed by atoms with van der Waals surface area (Å²) in [7, 11) is 0. The van der Waals surface area contributed by atoms with E-state index in [0.29, 0.717) is 29.3 Å². The minimum absolute atomic E-state index is 0.0856. The molecule has 38 heavy (non-hydrogen) atoms. The van der Waals surface area contributed by atoms with Gasteiger partial charge in [0.25, 0.3) is 0 Å². The second-order valence-corrected chi connectivity index (χ2v) is 11.4. The van der Waals surface area contributed by atoms with Crippen molar-refractivity contribution in [1.82, 2.24) is 19.4 Å². The maximum Gasteiger partial charge on any atom is 0.417 e. The van der Waals surface area contributed by atoms with E-state index in [9.17, 15) is 22.8 Å². The van der Waals surface area contributed by atoms with Crippen LogP contribution in [0.3, 0.4) is 0 Å². The number of amides is 1. The standard InChI is InChI=1S/C26H25BrF3N5O2S/c1-4-20(36)35-14(2)10-33(11-15(35)3)24-17-9-18(26(28,29)30)21(27)23-22(17)34(25(37)32-24)12-16(13-38-23)19-7-5-6-8-31-19/h4-9,14-16H,1,10-13H2,2-3H3/t14-,15+,16-/m0/s1. The summed E-state index contributed by atoms with van der Waals surface area (Å²) >= 11 is 4.49. The van der Waals surface area contributed by atoms with Crippen molar-refractivity contribution in [2.75, 3.05) is 23.7 Å². The molecule has 3 aromatic rings. The first kappa shape index (κ1) is 26.7. The van der Waals surface area contributed by atoms with Crippen LogP contribution in [0, 0.1) is 0 Å². The van der Waals surface area contributed by atoms with Crippen LogP contribution in [0.4, 0.5) is 19.0 Å². The van der Waals surface area contributed by atoms with E-state index < -0.39 is 17.4 Å². The van der Waals surface area contributed by atoms with Crippen molar-refractivity contribution >= 4 is 50.3 Å². The zero-order valence-corrected chi connectivity index (χ0v) is 23.1. The average Bonchev–Trinajstić information content (AvgIpc) is 3.08. The summed E-state index contributed by atoms with van der Waals surface area (Å²) in [5.41, 5.74) is -0.171. The molecule has 1 amide bonds. The number of carbonyl (C=O) groups is 1. The van der Waals surface area contributed by atoms with Crippen LogP contribution in [0.2, 0.25) is 0 Å². The molecular formula is C26H25BrF3N5O2S. The number of carbonyl (C=O) groups excluding carboxylic acids is 1. The number of alkyl halides is 3. The Hall–Kier alpha value is -2.86. The van der Waals surface area contributed by atoms with Gasteiger partial charge in [-0.3, -0.25) is 14.3 Å². The van der Waals surface area contributed by atoms with Gasteiger partial charge in [0.1, 0.15) is 5.82 Å². The predicted octanol–water partition coefficient (Wildman–Crippen LogP) is 5.07. The molecule has 12 heteroatoms. The van der Waals surface area contributed by atoms with E-state index in [-0.39, 0.29) is 46.1 Å². The summed E-state index contributed by atoms with van der Waals surface area (Å²) in [5, 5.41) is 0.257. The number of anilines is 1. The number of hydrogen-bond acceptors (Lipinski definition) is 6. The summed E-state index contributed by atoms with van der Waals surface area (Å²) < 4.78 is 44.0. The zero-order chi connectivity index (χ0) is 27.4. The predicted molar refractivity (Wildman–Crippen MR) is 145 cm³/mol. The van der Waals surface area contributed by atoms with Crippen molar-refractivity contribution in [3.05, 3.63) is 69.3 Å². The molecule has 3 atom stereocenters. The van der Waals surface area contributed by atoms with Crippen LogP contribution in [0.1, 0.15) is 31.0 Å². The summed E-state index contributed by atoms with van der Waals surface area (Å²) in [6, 6.07) is 6.05. The highest BCUT2D eigenvalue weighted by Crippen LogP contribution is 2.47. The van der Waals surface area contributed by atoms with Gasteiger partial charge in [-0.15, -0.1) is 11.8 Å². The molecule has 1 aromatic carbocycles. The first-order valence-electron chi connectivity index (χ1n) is 12.1. The molecule has 0 saturated carbocycles. The third-order valence-electron chi connectivity index (χ3n) is 7.03. The van der Waals surface area contributed by atoms with Gasteiger partial charge in [-0.2, -0.15) is 18.2 Å². The average molecular weight is 608 g/mol. The topological polar surface area (TPSA) is 71.3 Å². The number of halogens is 4. The molecule has 2 aromatic heterocycles. The van der Waals surface area contributed by atoms with Gasteiger partial charge in [0.2, 0.25) is 5.91 Å². The van der Waals surface area contributed by atoms with Crippen LogP contribution in [0.5, 0.6) is 0 Å². The van der Waals surface area contributed by atoms with E-state index in [0.717, 1.165) is 11.8 Å². The Morgan fingerprint density at radius 1 is 1.21 bits per heavy atom. The number of benzene rings is 1. The van der Waals surface area contributed by atoms with Crippen LogP contribution in [0.25, 0.3) is 10.9 Å². The van der Waals surface area contributed by atoms with Gasteiger partial charge in [-0.1, -0.05) is 12.6 Å². The molecule has 0 N–H and O–H groups in total. The maximum atomic E-state index is 14.2. The lowest BCUT2D eigenvalue weighted by Gasteiger charge is -2.44. The van der Waals surface area contributed by atoms with E-state index in [1.165, 1.54) is 22.4 Å². The van der Waals surface area contributed by atoms with Crippen molar-refractivity contribution in [2.24, 2.45) is 0 Å². The summed E-state index contributed by atoms with van der Waals surface area (Å²) in [5.74, 6) is 0.226. The molecule has 0 bridgehead atoms. The normalized spacial score (nSPS) is 21.9. The number of thioether (sulfide) groups is 1. The highest BCUT2D eigenvalue weighted by molar-refractivity contribution is 9.10. The van der Waals surface area contributed by atoms with Crippen molar-refractivity contribution in [1.29, 1.82) is 0 Å². The number of hydrogen-bond donors (Lipinski definition) is 0. The number of piperazine rings is 1. The SMILES string of the molecule is C=CC(=O)N1[C@H](C)CN(c2nc(=O)n3c4c(c(Br)c(C(F)(F)F)cc24)SC[C@@H](c2ccccn2)C3)C[C@@H]1C. The smallest absolute Gasteiger partial charge is 0.352 e. The second kappa shape index (κ2) is 10.0. The molecular weight excluding hydrogens is 583 g/mol. The fraction of sp³-hybridized carbons (Fsp3) is 0.385. The van der Waals surface area contributed by atoms with E-state index in [4.69, 9.17) is 0 Å². The number of nitrogens with zero attached hydrogens (tertiary/aromatic N) is 5. The van der Waals surface area contributed by atoms with Gasteiger partial charge in [0.15, 0.2) is 0 Å². The second-order valence-electron chi connectivity index (χ2n) is 9.60. The summed E-state index contributed by atoms with van der Waals surface area (Å²) in [6.07, 6.45) is -1.71. The first-order valence-corrected chi connectivity index (χ1v) is 13.9. The van der Waals surface area contributed by atoms with Crippen molar-refractivity contribution < 1.29 is 18.0 Å². The third-order valence-corrected chi connectivity index (χ3v) is 9.37. The van der Waals surface area contributed by atoms with Crippen molar-refractivity contribution in [3.8, 4) is 0 Å². The number of aromatic nitrogens is 3. The van der Waals surface area contributed by atoms with Gasteiger partial charge in [0.05, 0.1) is 11.1 Å². The molecule has 2 aliphatic rings. The molecule has 2 aliphatic heterocycles. The van der Waals surface area contributed by atoms with Crippen LogP contribution < -0.4 is 10.6 Å². The van der Waals surface area contributed by atoms with E-state index >= 15 is 0 Å². The monoisotopic (exact) mass is 607 g/mol. The van der Waals surface area contributed by atoms with Crippen LogP contribution in [-0.4, -0.2) is 56.3 Å². The Labute approximate surface area is 229 Å². The van der Waals surface area contributed by atoms with Crippen LogP contribution in [0.15, 0.2) is 57.3 Å². The van der Waals surface area contributed by atoms with Gasteiger partial charge < -0.3 is 9.80 Å². The fourth-order valence-electron chi connectivity index (χ4n) is 5.41. The zero-order valence-electron chi connectivity index (χ0n) is 20.7.